The van der Waals surface area contributed by atoms with Crippen LogP contribution in [-0.2, 0) is 4.79 Å². The number of β-amino-alcohol motifs (C(OH)–C–C–N with tert-alkyl or cyclic N) is 1. The van der Waals surface area contributed by atoms with Crippen LogP contribution in [0.15, 0.2) is 0 Å². The van der Waals surface area contributed by atoms with E-state index in [-0.39, 0.29) is 24.9 Å². The molecule has 1 rings (SSSR count). The molecule has 1 N–H and O–H groups in total. The summed E-state index contributed by atoms with van der Waals surface area (Å²) in [5.41, 5.74) is -0.700. The lowest BCUT2D eigenvalue weighted by Crippen LogP contribution is -2.56. The van der Waals surface area contributed by atoms with E-state index < -0.39 is 5.54 Å². The molecule has 14 heavy (non-hydrogen) atoms. The number of aliphatic hydroxyl groups is 1. The van der Waals surface area contributed by atoms with E-state index in [2.05, 4.69) is 6.07 Å². The first-order valence-electron chi connectivity index (χ1n) is 4.59. The SMILES string of the molecule is N#CC1(N(CCO)C(=O)CCl)CCC1. The highest BCUT2D eigenvalue weighted by Crippen LogP contribution is 2.37. The fourth-order valence-corrected chi connectivity index (χ4v) is 1.85. The summed E-state index contributed by atoms with van der Waals surface area (Å²) in [6.07, 6.45) is 2.32. The molecular formula is C9H13ClN2O2. The Hall–Kier alpha value is -0.790. The summed E-state index contributed by atoms with van der Waals surface area (Å²) >= 11 is 5.44. The summed E-state index contributed by atoms with van der Waals surface area (Å²) in [4.78, 5) is 12.8. The molecule has 78 valence electrons. The molecule has 0 spiro atoms. The van der Waals surface area contributed by atoms with Gasteiger partial charge in [-0.1, -0.05) is 0 Å². The number of nitrogens with zero attached hydrogens (tertiary/aromatic N) is 2. The van der Waals surface area contributed by atoms with Gasteiger partial charge in [0, 0.05) is 6.54 Å². The maximum absolute atomic E-state index is 11.4. The molecule has 0 aromatic heterocycles. The Bertz CT molecular complexity index is 258. The fraction of sp³-hybridized carbons (Fsp3) is 0.778. The molecule has 0 aliphatic heterocycles. The summed E-state index contributed by atoms with van der Waals surface area (Å²) in [5, 5.41) is 17.8. The summed E-state index contributed by atoms with van der Waals surface area (Å²) in [5.74, 6) is -0.411. The topological polar surface area (TPSA) is 64.3 Å². The number of carbonyl (C=O) groups is 1. The van der Waals surface area contributed by atoms with E-state index in [9.17, 15) is 4.79 Å². The van der Waals surface area contributed by atoms with Crippen LogP contribution in [0.2, 0.25) is 0 Å². The van der Waals surface area contributed by atoms with Gasteiger partial charge in [-0.15, -0.1) is 11.6 Å². The Morgan fingerprint density at radius 1 is 1.64 bits per heavy atom. The van der Waals surface area contributed by atoms with Crippen molar-refractivity contribution in [1.29, 1.82) is 5.26 Å². The molecule has 1 amide bonds. The van der Waals surface area contributed by atoms with Crippen molar-refractivity contribution >= 4 is 17.5 Å². The van der Waals surface area contributed by atoms with Gasteiger partial charge >= 0.3 is 0 Å². The van der Waals surface area contributed by atoms with E-state index in [1.165, 1.54) is 4.90 Å². The second-order valence-electron chi connectivity index (χ2n) is 3.40. The lowest BCUT2D eigenvalue weighted by molar-refractivity contribution is -0.136. The highest BCUT2D eigenvalue weighted by atomic mass is 35.5. The molecule has 0 bridgehead atoms. The molecular weight excluding hydrogens is 204 g/mol. The normalized spacial score (nSPS) is 18.1. The molecule has 1 fully saturated rings. The smallest absolute Gasteiger partial charge is 0.238 e. The van der Waals surface area contributed by atoms with Crippen molar-refractivity contribution < 1.29 is 9.90 Å². The fourth-order valence-electron chi connectivity index (χ4n) is 1.70. The summed E-state index contributed by atoms with van der Waals surface area (Å²) in [6, 6.07) is 2.15. The highest BCUT2D eigenvalue weighted by Gasteiger charge is 2.44. The van der Waals surface area contributed by atoms with Crippen LogP contribution in [0.1, 0.15) is 19.3 Å². The predicted octanol–water partition coefficient (Wildman–Crippen LogP) is 0.492. The first-order chi connectivity index (χ1) is 6.70. The summed E-state index contributed by atoms with van der Waals surface area (Å²) < 4.78 is 0. The van der Waals surface area contributed by atoms with Crippen LogP contribution >= 0.6 is 11.6 Å². The number of carbonyl (C=O) groups excluding carboxylic acids is 1. The molecule has 0 saturated heterocycles. The monoisotopic (exact) mass is 216 g/mol. The third kappa shape index (κ3) is 1.84. The van der Waals surface area contributed by atoms with Gasteiger partial charge in [-0.3, -0.25) is 4.79 Å². The van der Waals surface area contributed by atoms with Crippen molar-refractivity contribution in [2.75, 3.05) is 19.0 Å². The first-order valence-corrected chi connectivity index (χ1v) is 5.12. The minimum atomic E-state index is -0.700. The summed E-state index contributed by atoms with van der Waals surface area (Å²) in [7, 11) is 0. The molecule has 0 unspecified atom stereocenters. The van der Waals surface area contributed by atoms with Crippen LogP contribution in [0.5, 0.6) is 0 Å². The maximum atomic E-state index is 11.4. The van der Waals surface area contributed by atoms with Crippen molar-refractivity contribution in [1.82, 2.24) is 4.90 Å². The molecule has 0 heterocycles. The summed E-state index contributed by atoms with van der Waals surface area (Å²) in [6.45, 7) is 0.0607. The number of hydrogen-bond acceptors (Lipinski definition) is 3. The van der Waals surface area contributed by atoms with Gasteiger partial charge in [-0.25, -0.2) is 0 Å². The molecule has 5 heteroatoms. The van der Waals surface area contributed by atoms with E-state index >= 15 is 0 Å². The first kappa shape index (κ1) is 11.3. The largest absolute Gasteiger partial charge is 0.395 e. The van der Waals surface area contributed by atoms with E-state index in [0.29, 0.717) is 12.8 Å². The predicted molar refractivity (Wildman–Crippen MR) is 51.7 cm³/mol. The van der Waals surface area contributed by atoms with E-state index in [4.69, 9.17) is 22.0 Å². The van der Waals surface area contributed by atoms with Crippen LogP contribution in [0.3, 0.4) is 0 Å². The van der Waals surface area contributed by atoms with Crippen LogP contribution < -0.4 is 0 Å². The average Bonchev–Trinajstić information content (AvgIpc) is 2.14. The van der Waals surface area contributed by atoms with Gasteiger partial charge in [0.25, 0.3) is 0 Å². The third-order valence-corrected chi connectivity index (χ3v) is 2.87. The average molecular weight is 217 g/mol. The molecule has 1 aliphatic carbocycles. The highest BCUT2D eigenvalue weighted by molar-refractivity contribution is 6.27. The zero-order chi connectivity index (χ0) is 10.6. The van der Waals surface area contributed by atoms with Crippen LogP contribution in [0.4, 0.5) is 0 Å². The lowest BCUT2D eigenvalue weighted by atomic mass is 9.76. The number of amides is 1. The van der Waals surface area contributed by atoms with Gasteiger partial charge in [-0.05, 0) is 19.3 Å². The molecule has 4 nitrogen and oxygen atoms in total. The third-order valence-electron chi connectivity index (χ3n) is 2.64. The Kier molecular flexibility index (Phi) is 3.73. The molecule has 0 aromatic carbocycles. The number of alkyl halides is 1. The Labute approximate surface area is 88.1 Å². The van der Waals surface area contributed by atoms with Gasteiger partial charge < -0.3 is 10.0 Å². The standard InChI is InChI=1S/C9H13ClN2O2/c10-6-8(14)12(4-5-13)9(7-11)2-1-3-9/h13H,1-6H2. The Morgan fingerprint density at radius 2 is 2.29 bits per heavy atom. The number of hydrogen-bond donors (Lipinski definition) is 1. The zero-order valence-electron chi connectivity index (χ0n) is 7.87. The molecule has 0 atom stereocenters. The van der Waals surface area contributed by atoms with Crippen LogP contribution in [-0.4, -0.2) is 40.5 Å². The lowest BCUT2D eigenvalue weighted by Gasteiger charge is -2.44. The van der Waals surface area contributed by atoms with Crippen LogP contribution in [0.25, 0.3) is 0 Å². The van der Waals surface area contributed by atoms with Crippen molar-refractivity contribution in [3.8, 4) is 6.07 Å². The van der Waals surface area contributed by atoms with Crippen molar-refractivity contribution in [2.24, 2.45) is 0 Å². The van der Waals surface area contributed by atoms with Gasteiger partial charge in [0.15, 0.2) is 0 Å². The van der Waals surface area contributed by atoms with Gasteiger partial charge in [0.05, 0.1) is 12.7 Å². The van der Waals surface area contributed by atoms with Gasteiger partial charge in [0.2, 0.25) is 5.91 Å². The second-order valence-corrected chi connectivity index (χ2v) is 3.67. The number of nitriles is 1. The molecule has 0 radical (unpaired) electrons. The van der Waals surface area contributed by atoms with Gasteiger partial charge in [-0.2, -0.15) is 5.26 Å². The number of halogens is 1. The molecule has 1 saturated carbocycles. The zero-order valence-corrected chi connectivity index (χ0v) is 8.63. The van der Waals surface area contributed by atoms with E-state index in [0.717, 1.165) is 6.42 Å². The number of rotatable bonds is 4. The van der Waals surface area contributed by atoms with Crippen LogP contribution in [0, 0.1) is 11.3 Å². The van der Waals surface area contributed by atoms with E-state index in [1.54, 1.807) is 0 Å². The maximum Gasteiger partial charge on any atom is 0.238 e. The van der Waals surface area contributed by atoms with E-state index in [1.807, 2.05) is 0 Å². The minimum Gasteiger partial charge on any atom is -0.395 e. The second kappa shape index (κ2) is 4.63. The van der Waals surface area contributed by atoms with Crippen molar-refractivity contribution in [2.45, 2.75) is 24.8 Å². The quantitative estimate of drug-likeness (QED) is 0.696. The van der Waals surface area contributed by atoms with Gasteiger partial charge in [0.1, 0.15) is 11.4 Å². The van der Waals surface area contributed by atoms with Crippen molar-refractivity contribution in [3.05, 3.63) is 0 Å². The molecule has 1 aliphatic rings. The Balaban J connectivity index is 2.76. The minimum absolute atomic E-state index is 0.133. The molecule has 0 aromatic rings. The van der Waals surface area contributed by atoms with Crippen molar-refractivity contribution in [3.63, 3.8) is 0 Å². The Morgan fingerprint density at radius 3 is 2.57 bits per heavy atom. The number of aliphatic hydroxyl groups excluding tert-OH is 1.